The van der Waals surface area contributed by atoms with Gasteiger partial charge in [0.1, 0.15) is 5.82 Å². The average molecular weight is 403 g/mol. The maximum atomic E-state index is 13.4. The molecule has 1 unspecified atom stereocenters. The largest absolute Gasteiger partial charge is 0.378 e. The third-order valence-corrected chi connectivity index (χ3v) is 5.19. The van der Waals surface area contributed by atoms with Gasteiger partial charge in [0.2, 0.25) is 5.95 Å². The van der Waals surface area contributed by atoms with E-state index in [4.69, 9.17) is 15.0 Å². The lowest BCUT2D eigenvalue weighted by atomic mass is 10.00. The number of nitriles is 1. The Morgan fingerprint density at radius 3 is 2.57 bits per heavy atom. The first-order chi connectivity index (χ1) is 14.7. The smallest absolute Gasteiger partial charge is 0.226 e. The molecule has 3 aromatic rings. The fourth-order valence-electron chi connectivity index (χ4n) is 3.51. The van der Waals surface area contributed by atoms with Crippen LogP contribution in [0.5, 0.6) is 0 Å². The van der Waals surface area contributed by atoms with E-state index >= 15 is 0 Å². The van der Waals surface area contributed by atoms with Crippen molar-refractivity contribution in [1.29, 1.82) is 5.26 Å². The molecule has 4 rings (SSSR count). The van der Waals surface area contributed by atoms with Crippen molar-refractivity contribution >= 4 is 5.95 Å². The fraction of sp³-hybridized carbons (Fsp3) is 0.261. The van der Waals surface area contributed by atoms with Gasteiger partial charge in [-0.25, -0.2) is 14.4 Å². The van der Waals surface area contributed by atoms with Gasteiger partial charge in [0.15, 0.2) is 0 Å². The summed E-state index contributed by atoms with van der Waals surface area (Å²) in [7, 11) is 1.70. The van der Waals surface area contributed by atoms with Crippen LogP contribution < -0.4 is 10.2 Å². The van der Waals surface area contributed by atoms with Crippen LogP contribution in [0, 0.1) is 17.1 Å². The highest BCUT2D eigenvalue weighted by Gasteiger charge is 2.21. The normalized spacial score (nSPS) is 16.7. The fourth-order valence-corrected chi connectivity index (χ4v) is 3.51. The predicted molar refractivity (Wildman–Crippen MR) is 113 cm³/mol. The Balaban J connectivity index is 1.79. The maximum Gasteiger partial charge on any atom is 0.226 e. The Morgan fingerprint density at radius 1 is 1.13 bits per heavy atom. The number of aromatic nitrogens is 2. The minimum absolute atomic E-state index is 0.0474. The van der Waals surface area contributed by atoms with Gasteiger partial charge in [-0.3, -0.25) is 0 Å². The topological polar surface area (TPSA) is 74.1 Å². The molecule has 2 aromatic carbocycles. The van der Waals surface area contributed by atoms with Crippen LogP contribution in [0.4, 0.5) is 10.3 Å². The summed E-state index contributed by atoms with van der Waals surface area (Å²) in [6.45, 7) is 3.05. The van der Waals surface area contributed by atoms with Gasteiger partial charge in [-0.1, -0.05) is 24.3 Å². The molecule has 0 bridgehead atoms. The van der Waals surface area contributed by atoms with Crippen molar-refractivity contribution < 1.29 is 9.13 Å². The van der Waals surface area contributed by atoms with Crippen LogP contribution in [0.1, 0.15) is 5.56 Å². The molecule has 1 aliphatic heterocycles. The Labute approximate surface area is 175 Å². The molecular weight excluding hydrogens is 381 g/mol. The molecule has 7 heteroatoms. The molecule has 1 atom stereocenters. The first-order valence-electron chi connectivity index (χ1n) is 9.80. The van der Waals surface area contributed by atoms with Crippen molar-refractivity contribution in [2.75, 3.05) is 38.2 Å². The van der Waals surface area contributed by atoms with E-state index in [0.717, 1.165) is 42.0 Å². The molecule has 0 spiro atoms. The van der Waals surface area contributed by atoms with E-state index in [0.29, 0.717) is 18.1 Å². The number of hydrogen-bond donors (Lipinski definition) is 1. The third kappa shape index (κ3) is 4.30. The Hall–Kier alpha value is -3.34. The third-order valence-electron chi connectivity index (χ3n) is 5.19. The number of ether oxygens (including phenoxy) is 1. The summed E-state index contributed by atoms with van der Waals surface area (Å²) >= 11 is 0. The molecule has 1 N–H and O–H groups in total. The summed E-state index contributed by atoms with van der Waals surface area (Å²) in [5.41, 5.74) is 3.82. The lowest BCUT2D eigenvalue weighted by molar-refractivity contribution is 0.112. The molecule has 0 aliphatic carbocycles. The molecule has 0 amide bonds. The molecule has 152 valence electrons. The van der Waals surface area contributed by atoms with Crippen LogP contribution in [-0.4, -0.2) is 49.4 Å². The second kappa shape index (κ2) is 8.99. The average Bonchev–Trinajstić information content (AvgIpc) is 3.05. The molecule has 1 aliphatic rings. The van der Waals surface area contributed by atoms with E-state index in [-0.39, 0.29) is 11.9 Å². The summed E-state index contributed by atoms with van der Waals surface area (Å²) in [5.74, 6) is 0.324. The van der Waals surface area contributed by atoms with Crippen molar-refractivity contribution in [3.05, 3.63) is 66.1 Å². The van der Waals surface area contributed by atoms with E-state index < -0.39 is 0 Å². The number of halogens is 1. The molecule has 6 nitrogen and oxygen atoms in total. The van der Waals surface area contributed by atoms with E-state index in [1.165, 1.54) is 12.1 Å². The highest BCUT2D eigenvalue weighted by Crippen LogP contribution is 2.32. The molecule has 1 aromatic heterocycles. The summed E-state index contributed by atoms with van der Waals surface area (Å²) in [4.78, 5) is 11.6. The Bertz CT molecular complexity index is 1050. The number of benzene rings is 2. The van der Waals surface area contributed by atoms with E-state index in [1.54, 1.807) is 37.6 Å². The van der Waals surface area contributed by atoms with Gasteiger partial charge in [0.05, 0.1) is 23.4 Å². The second-order valence-electron chi connectivity index (χ2n) is 7.14. The monoisotopic (exact) mass is 403 g/mol. The minimum atomic E-state index is -0.293. The lowest BCUT2D eigenvalue weighted by Crippen LogP contribution is -2.35. The van der Waals surface area contributed by atoms with Gasteiger partial charge in [-0.05, 0) is 29.8 Å². The van der Waals surface area contributed by atoms with Crippen molar-refractivity contribution in [3.8, 4) is 28.5 Å². The number of nitrogens with one attached hydrogen (secondary N) is 1. The standard InChI is InChI=1S/C23H22FN5O/c1-30-20-13-26-10-11-29(15-20)23-27-14-21(17-6-8-19(24)9-7-17)22(28-23)18-4-2-16(12-25)3-5-18/h2-9,14,20,26H,10-11,13,15H2,1H3. The highest BCUT2D eigenvalue weighted by molar-refractivity contribution is 5.81. The first-order valence-corrected chi connectivity index (χ1v) is 9.80. The molecule has 2 heterocycles. The van der Waals surface area contributed by atoms with Crippen LogP contribution in [0.15, 0.2) is 54.7 Å². The van der Waals surface area contributed by atoms with Crippen molar-refractivity contribution in [2.45, 2.75) is 6.10 Å². The summed E-state index contributed by atoms with van der Waals surface area (Å²) in [6, 6.07) is 15.7. The van der Waals surface area contributed by atoms with Crippen molar-refractivity contribution in [1.82, 2.24) is 15.3 Å². The van der Waals surface area contributed by atoms with E-state index in [2.05, 4.69) is 21.3 Å². The van der Waals surface area contributed by atoms with Gasteiger partial charge in [0.25, 0.3) is 0 Å². The van der Waals surface area contributed by atoms with Crippen molar-refractivity contribution in [2.24, 2.45) is 0 Å². The lowest BCUT2D eigenvalue weighted by Gasteiger charge is -2.24. The summed E-state index contributed by atoms with van der Waals surface area (Å²) < 4.78 is 19.0. The zero-order valence-electron chi connectivity index (χ0n) is 16.7. The van der Waals surface area contributed by atoms with Gasteiger partial charge in [-0.15, -0.1) is 0 Å². The Morgan fingerprint density at radius 2 is 1.87 bits per heavy atom. The van der Waals surface area contributed by atoms with Crippen LogP contribution in [0.3, 0.4) is 0 Å². The molecular formula is C23H22FN5O. The zero-order valence-corrected chi connectivity index (χ0v) is 16.7. The molecule has 0 radical (unpaired) electrons. The van der Waals surface area contributed by atoms with Gasteiger partial charge in [0, 0.05) is 50.6 Å². The number of methoxy groups -OCH3 is 1. The SMILES string of the molecule is COC1CNCCN(c2ncc(-c3ccc(F)cc3)c(-c3ccc(C#N)cc3)n2)C1. The quantitative estimate of drug-likeness (QED) is 0.721. The highest BCUT2D eigenvalue weighted by atomic mass is 19.1. The minimum Gasteiger partial charge on any atom is -0.378 e. The molecule has 30 heavy (non-hydrogen) atoms. The van der Waals surface area contributed by atoms with Crippen LogP contribution in [0.2, 0.25) is 0 Å². The number of hydrogen-bond acceptors (Lipinski definition) is 6. The number of anilines is 1. The van der Waals surface area contributed by atoms with Gasteiger partial charge < -0.3 is 15.0 Å². The maximum absolute atomic E-state index is 13.4. The first kappa shape index (κ1) is 20.0. The van der Waals surface area contributed by atoms with Crippen LogP contribution >= 0.6 is 0 Å². The van der Waals surface area contributed by atoms with Crippen molar-refractivity contribution in [3.63, 3.8) is 0 Å². The Kier molecular flexibility index (Phi) is 5.98. The summed E-state index contributed by atoms with van der Waals surface area (Å²) in [6.07, 6.45) is 1.83. The summed E-state index contributed by atoms with van der Waals surface area (Å²) in [5, 5.41) is 12.5. The van der Waals surface area contributed by atoms with E-state index in [9.17, 15) is 4.39 Å². The van der Waals surface area contributed by atoms with Gasteiger partial charge in [-0.2, -0.15) is 5.26 Å². The second-order valence-corrected chi connectivity index (χ2v) is 7.14. The number of nitrogens with zero attached hydrogens (tertiary/aromatic N) is 4. The molecule has 1 saturated heterocycles. The van der Waals surface area contributed by atoms with Gasteiger partial charge >= 0.3 is 0 Å². The van der Waals surface area contributed by atoms with E-state index in [1.807, 2.05) is 12.1 Å². The van der Waals surface area contributed by atoms with Crippen LogP contribution in [0.25, 0.3) is 22.4 Å². The number of rotatable bonds is 4. The molecule has 1 fully saturated rings. The predicted octanol–water partition coefficient (Wildman–Crippen LogP) is 3.25. The zero-order chi connectivity index (χ0) is 20.9. The van der Waals surface area contributed by atoms with Crippen LogP contribution in [-0.2, 0) is 4.74 Å². The molecule has 0 saturated carbocycles.